The van der Waals surface area contributed by atoms with Crippen molar-refractivity contribution in [1.29, 1.82) is 0 Å². The third-order valence-corrected chi connectivity index (χ3v) is 5.67. The molecule has 0 aromatic heterocycles. The smallest absolute Gasteiger partial charge is 0.247 e. The summed E-state index contributed by atoms with van der Waals surface area (Å²) in [5, 5.41) is 3.01. The van der Waals surface area contributed by atoms with E-state index in [1.165, 1.54) is 0 Å². The van der Waals surface area contributed by atoms with Gasteiger partial charge in [-0.1, -0.05) is 60.7 Å². The Bertz CT molecular complexity index is 1130. The quantitative estimate of drug-likeness (QED) is 0.695. The molecule has 6 nitrogen and oxygen atoms in total. The number of hydrogen-bond donors (Lipinski definition) is 1. The van der Waals surface area contributed by atoms with Crippen LogP contribution in [-0.4, -0.2) is 23.5 Å². The molecule has 31 heavy (non-hydrogen) atoms. The largest absolute Gasteiger partial charge is 0.454 e. The van der Waals surface area contributed by atoms with Crippen molar-refractivity contribution in [2.75, 3.05) is 6.79 Å². The van der Waals surface area contributed by atoms with Crippen LogP contribution in [0.4, 0.5) is 0 Å². The third-order valence-electron chi connectivity index (χ3n) is 5.67. The van der Waals surface area contributed by atoms with Crippen LogP contribution in [0.3, 0.4) is 0 Å². The lowest BCUT2D eigenvalue weighted by atomic mass is 9.91. The van der Waals surface area contributed by atoms with Crippen LogP contribution in [0.1, 0.15) is 28.3 Å². The molecule has 2 aliphatic heterocycles. The number of benzene rings is 3. The third kappa shape index (κ3) is 3.84. The Hall–Kier alpha value is -3.80. The van der Waals surface area contributed by atoms with Gasteiger partial charge in [-0.15, -0.1) is 0 Å². The van der Waals surface area contributed by atoms with E-state index in [1.54, 1.807) is 4.90 Å². The summed E-state index contributed by atoms with van der Waals surface area (Å²) in [7, 11) is 0. The molecule has 3 aromatic rings. The van der Waals surface area contributed by atoms with Gasteiger partial charge in [-0.3, -0.25) is 9.59 Å². The molecule has 0 spiro atoms. The second kappa shape index (κ2) is 8.14. The minimum absolute atomic E-state index is 0.0502. The Morgan fingerprint density at radius 3 is 2.58 bits per heavy atom. The highest BCUT2D eigenvalue weighted by atomic mass is 16.7. The van der Waals surface area contributed by atoms with Crippen LogP contribution < -0.4 is 14.8 Å². The zero-order valence-electron chi connectivity index (χ0n) is 16.9. The number of nitrogens with zero attached hydrogens (tertiary/aromatic N) is 1. The Morgan fingerprint density at radius 2 is 1.71 bits per heavy atom. The van der Waals surface area contributed by atoms with Crippen LogP contribution in [0.5, 0.6) is 11.5 Å². The van der Waals surface area contributed by atoms with Crippen molar-refractivity contribution in [2.45, 2.75) is 25.6 Å². The summed E-state index contributed by atoms with van der Waals surface area (Å²) >= 11 is 0. The number of carbonyl (C=O) groups excluding carboxylic acids is 2. The molecule has 1 atom stereocenters. The standard InChI is InChI=1S/C25H22N2O4/c28-23-13-19-8-4-5-9-20(19)24(27(23)15-17-6-2-1-3-7-17)25(29)26-14-18-10-11-21-22(12-18)31-16-30-21/h1-12,24H,13-16H2,(H,26,29)/t24-/m1/s1. The average Bonchev–Trinajstić information content (AvgIpc) is 3.26. The number of ether oxygens (including phenoxy) is 2. The van der Waals surface area contributed by atoms with Crippen molar-refractivity contribution in [1.82, 2.24) is 10.2 Å². The van der Waals surface area contributed by atoms with Gasteiger partial charge in [-0.05, 0) is 34.4 Å². The summed E-state index contributed by atoms with van der Waals surface area (Å²) < 4.78 is 10.8. The van der Waals surface area contributed by atoms with Gasteiger partial charge in [0.25, 0.3) is 0 Å². The van der Waals surface area contributed by atoms with E-state index < -0.39 is 6.04 Å². The molecule has 2 aliphatic rings. The van der Waals surface area contributed by atoms with Gasteiger partial charge in [0, 0.05) is 13.1 Å². The van der Waals surface area contributed by atoms with Gasteiger partial charge < -0.3 is 19.7 Å². The average molecular weight is 414 g/mol. The Morgan fingerprint density at radius 1 is 0.935 bits per heavy atom. The molecule has 1 N–H and O–H groups in total. The Labute approximate surface area is 180 Å². The molecule has 0 unspecified atom stereocenters. The monoisotopic (exact) mass is 414 g/mol. The zero-order chi connectivity index (χ0) is 21.2. The van der Waals surface area contributed by atoms with E-state index in [9.17, 15) is 9.59 Å². The SMILES string of the molecule is O=C(NCc1ccc2c(c1)OCO2)[C@H]1c2ccccc2CC(=O)N1Cc1ccccc1. The van der Waals surface area contributed by atoms with Gasteiger partial charge >= 0.3 is 0 Å². The summed E-state index contributed by atoms with van der Waals surface area (Å²) in [6.07, 6.45) is 0.301. The Kier molecular flexibility index (Phi) is 5.04. The molecule has 2 amide bonds. The molecule has 156 valence electrons. The lowest BCUT2D eigenvalue weighted by Crippen LogP contribution is -2.46. The van der Waals surface area contributed by atoms with E-state index in [-0.39, 0.29) is 18.6 Å². The summed E-state index contributed by atoms with van der Waals surface area (Å²) in [5.74, 6) is 1.13. The summed E-state index contributed by atoms with van der Waals surface area (Å²) in [6.45, 7) is 0.929. The maximum Gasteiger partial charge on any atom is 0.247 e. The van der Waals surface area contributed by atoms with Crippen LogP contribution in [0.25, 0.3) is 0 Å². The van der Waals surface area contributed by atoms with Gasteiger partial charge in [-0.25, -0.2) is 0 Å². The van der Waals surface area contributed by atoms with Gasteiger partial charge in [0.05, 0.1) is 6.42 Å². The molecular formula is C25H22N2O4. The maximum absolute atomic E-state index is 13.4. The van der Waals surface area contributed by atoms with E-state index >= 15 is 0 Å². The number of carbonyl (C=O) groups is 2. The first-order chi connectivity index (χ1) is 15.2. The van der Waals surface area contributed by atoms with Crippen molar-refractivity contribution in [2.24, 2.45) is 0 Å². The predicted octanol–water partition coefficient (Wildman–Crippen LogP) is 3.36. The maximum atomic E-state index is 13.4. The van der Waals surface area contributed by atoms with Crippen LogP contribution in [0, 0.1) is 0 Å². The second-order valence-corrected chi connectivity index (χ2v) is 7.69. The van der Waals surface area contributed by atoms with E-state index in [0.717, 1.165) is 22.3 Å². The van der Waals surface area contributed by atoms with Gasteiger partial charge in [0.15, 0.2) is 11.5 Å². The first-order valence-corrected chi connectivity index (χ1v) is 10.3. The highest BCUT2D eigenvalue weighted by molar-refractivity contribution is 5.92. The summed E-state index contributed by atoms with van der Waals surface area (Å²) in [4.78, 5) is 28.0. The van der Waals surface area contributed by atoms with E-state index in [0.29, 0.717) is 31.0 Å². The number of rotatable bonds is 5. The lowest BCUT2D eigenvalue weighted by molar-refractivity contribution is -0.142. The first-order valence-electron chi connectivity index (χ1n) is 10.3. The van der Waals surface area contributed by atoms with Crippen LogP contribution in [-0.2, 0) is 29.1 Å². The van der Waals surface area contributed by atoms with Gasteiger partial charge in [0.1, 0.15) is 6.04 Å². The molecule has 2 heterocycles. The van der Waals surface area contributed by atoms with Crippen LogP contribution in [0.2, 0.25) is 0 Å². The molecule has 0 aliphatic carbocycles. The van der Waals surface area contributed by atoms with E-state index in [4.69, 9.17) is 9.47 Å². The summed E-state index contributed by atoms with van der Waals surface area (Å²) in [5.41, 5.74) is 3.67. The fraction of sp³-hybridized carbons (Fsp3) is 0.200. The van der Waals surface area contributed by atoms with Crippen molar-refractivity contribution < 1.29 is 19.1 Å². The molecule has 6 heteroatoms. The van der Waals surface area contributed by atoms with Crippen LogP contribution in [0.15, 0.2) is 72.8 Å². The molecule has 5 rings (SSSR count). The number of nitrogens with one attached hydrogen (secondary N) is 1. The minimum Gasteiger partial charge on any atom is -0.454 e. The molecule has 0 saturated carbocycles. The van der Waals surface area contributed by atoms with E-state index in [1.807, 2.05) is 72.8 Å². The predicted molar refractivity (Wildman–Crippen MR) is 114 cm³/mol. The van der Waals surface area contributed by atoms with Crippen molar-refractivity contribution in [3.8, 4) is 11.5 Å². The van der Waals surface area contributed by atoms with Crippen LogP contribution >= 0.6 is 0 Å². The molecule has 0 bridgehead atoms. The lowest BCUT2D eigenvalue weighted by Gasteiger charge is -2.36. The molecule has 3 aromatic carbocycles. The number of amides is 2. The van der Waals surface area contributed by atoms with Gasteiger partial charge in [-0.2, -0.15) is 0 Å². The highest BCUT2D eigenvalue weighted by Crippen LogP contribution is 2.34. The first kappa shape index (κ1) is 19.2. The fourth-order valence-electron chi connectivity index (χ4n) is 4.12. The zero-order valence-corrected chi connectivity index (χ0v) is 16.9. The highest BCUT2D eigenvalue weighted by Gasteiger charge is 2.36. The van der Waals surface area contributed by atoms with Crippen molar-refractivity contribution >= 4 is 11.8 Å². The number of hydrogen-bond acceptors (Lipinski definition) is 4. The normalized spacial score (nSPS) is 16.7. The number of fused-ring (bicyclic) bond motifs is 2. The molecule has 0 fully saturated rings. The minimum atomic E-state index is -0.674. The molecule has 0 saturated heterocycles. The molecular weight excluding hydrogens is 392 g/mol. The second-order valence-electron chi connectivity index (χ2n) is 7.69. The molecule has 0 radical (unpaired) electrons. The fourth-order valence-corrected chi connectivity index (χ4v) is 4.12. The van der Waals surface area contributed by atoms with Crippen molar-refractivity contribution in [3.05, 3.63) is 95.1 Å². The van der Waals surface area contributed by atoms with Crippen molar-refractivity contribution in [3.63, 3.8) is 0 Å². The van der Waals surface area contributed by atoms with E-state index in [2.05, 4.69) is 5.32 Å². The summed E-state index contributed by atoms with van der Waals surface area (Å²) in [6, 6.07) is 22.3. The topological polar surface area (TPSA) is 67.9 Å². The van der Waals surface area contributed by atoms with Gasteiger partial charge in [0.2, 0.25) is 18.6 Å². The Balaban J connectivity index is 1.40.